The van der Waals surface area contributed by atoms with Crippen molar-refractivity contribution in [2.24, 2.45) is 0 Å². The summed E-state index contributed by atoms with van der Waals surface area (Å²) >= 11 is 5.99. The summed E-state index contributed by atoms with van der Waals surface area (Å²) in [5, 5.41) is 0.760. The van der Waals surface area contributed by atoms with Gasteiger partial charge in [-0.05, 0) is 88.2 Å². The van der Waals surface area contributed by atoms with Gasteiger partial charge >= 0.3 is 0 Å². The zero-order valence-corrected chi connectivity index (χ0v) is 24.2. The van der Waals surface area contributed by atoms with E-state index in [0.717, 1.165) is 62.7 Å². The van der Waals surface area contributed by atoms with Gasteiger partial charge in [0, 0.05) is 55.5 Å². The van der Waals surface area contributed by atoms with Gasteiger partial charge in [-0.2, -0.15) is 0 Å². The summed E-state index contributed by atoms with van der Waals surface area (Å²) in [6.07, 6.45) is 4.63. The first kappa shape index (κ1) is 29.5. The summed E-state index contributed by atoms with van der Waals surface area (Å²) in [5.74, 6) is 0.131. The number of benzene rings is 2. The zero-order valence-electron chi connectivity index (χ0n) is 23.5. The third-order valence-electron chi connectivity index (χ3n) is 7.59. The van der Waals surface area contributed by atoms with Crippen molar-refractivity contribution in [1.82, 2.24) is 14.7 Å². The molecule has 0 aromatic heterocycles. The number of carbonyl (C=O) groups excluding carboxylic acids is 2. The first-order valence-corrected chi connectivity index (χ1v) is 14.8. The van der Waals surface area contributed by atoms with E-state index in [1.54, 1.807) is 0 Å². The fourth-order valence-corrected chi connectivity index (χ4v) is 5.38. The van der Waals surface area contributed by atoms with Gasteiger partial charge in [0.15, 0.2) is 0 Å². The SMILES string of the molecule is CC(C)OCCN(C(=O)CN1CCCCC1)c1ccc(C(=O)N2CCN(CCc3ccc(Cl)cc3)CC2)cc1. The van der Waals surface area contributed by atoms with Crippen molar-refractivity contribution in [3.05, 3.63) is 64.7 Å². The number of nitrogens with zero attached hydrogens (tertiary/aromatic N) is 4. The van der Waals surface area contributed by atoms with Crippen molar-refractivity contribution in [3.8, 4) is 0 Å². The number of amides is 2. The van der Waals surface area contributed by atoms with Crippen LogP contribution in [-0.4, -0.2) is 98.1 Å². The molecule has 0 aliphatic carbocycles. The average molecular weight is 555 g/mol. The highest BCUT2D eigenvalue weighted by molar-refractivity contribution is 6.30. The molecule has 212 valence electrons. The van der Waals surface area contributed by atoms with Gasteiger partial charge in [-0.25, -0.2) is 0 Å². The summed E-state index contributed by atoms with van der Waals surface area (Å²) in [4.78, 5) is 34.9. The third kappa shape index (κ3) is 9.04. The second-order valence-corrected chi connectivity index (χ2v) is 11.3. The summed E-state index contributed by atoms with van der Waals surface area (Å²) < 4.78 is 5.75. The Balaban J connectivity index is 1.31. The molecule has 2 aromatic carbocycles. The maximum atomic E-state index is 13.3. The Morgan fingerprint density at radius 2 is 1.54 bits per heavy atom. The van der Waals surface area contributed by atoms with Crippen LogP contribution in [0.1, 0.15) is 49.0 Å². The van der Waals surface area contributed by atoms with Crippen LogP contribution in [0, 0.1) is 0 Å². The van der Waals surface area contributed by atoms with E-state index in [2.05, 4.69) is 21.9 Å². The van der Waals surface area contributed by atoms with Gasteiger partial charge in [-0.3, -0.25) is 19.4 Å². The molecule has 0 spiro atoms. The molecule has 2 heterocycles. The molecule has 7 nitrogen and oxygen atoms in total. The molecule has 0 radical (unpaired) electrons. The number of rotatable bonds is 11. The first-order chi connectivity index (χ1) is 18.9. The third-order valence-corrected chi connectivity index (χ3v) is 7.84. The normalized spacial score (nSPS) is 17.0. The van der Waals surface area contributed by atoms with Gasteiger partial charge in [0.2, 0.25) is 5.91 Å². The number of ether oxygens (including phenoxy) is 1. The lowest BCUT2D eigenvalue weighted by Crippen LogP contribution is -2.49. The van der Waals surface area contributed by atoms with Gasteiger partial charge in [-0.15, -0.1) is 0 Å². The number of anilines is 1. The van der Waals surface area contributed by atoms with Crippen LogP contribution < -0.4 is 4.90 Å². The predicted octanol–water partition coefficient (Wildman–Crippen LogP) is 4.58. The number of piperidine rings is 1. The van der Waals surface area contributed by atoms with Crippen LogP contribution in [0.5, 0.6) is 0 Å². The molecule has 2 amide bonds. The van der Waals surface area contributed by atoms with E-state index >= 15 is 0 Å². The van der Waals surface area contributed by atoms with Crippen LogP contribution in [0.2, 0.25) is 5.02 Å². The number of hydrogen-bond donors (Lipinski definition) is 0. The topological polar surface area (TPSA) is 56.3 Å². The van der Waals surface area contributed by atoms with Gasteiger partial charge in [0.1, 0.15) is 0 Å². The van der Waals surface area contributed by atoms with Crippen molar-refractivity contribution in [2.45, 2.75) is 45.6 Å². The van der Waals surface area contributed by atoms with Crippen LogP contribution in [0.25, 0.3) is 0 Å². The minimum atomic E-state index is 0.0493. The summed E-state index contributed by atoms with van der Waals surface area (Å²) in [6, 6.07) is 15.5. The number of hydrogen-bond acceptors (Lipinski definition) is 5. The highest BCUT2D eigenvalue weighted by atomic mass is 35.5. The number of carbonyl (C=O) groups is 2. The molecule has 2 aromatic rings. The Kier molecular flexibility index (Phi) is 11.2. The summed E-state index contributed by atoms with van der Waals surface area (Å²) in [5.41, 5.74) is 2.75. The second kappa shape index (κ2) is 14.8. The van der Waals surface area contributed by atoms with Crippen LogP contribution in [-0.2, 0) is 16.0 Å². The molecule has 0 N–H and O–H groups in total. The van der Waals surface area contributed by atoms with Crippen LogP contribution in [0.3, 0.4) is 0 Å². The van der Waals surface area contributed by atoms with E-state index in [4.69, 9.17) is 16.3 Å². The molecule has 2 aliphatic heterocycles. The lowest BCUT2D eigenvalue weighted by molar-refractivity contribution is -0.120. The lowest BCUT2D eigenvalue weighted by atomic mass is 10.1. The van der Waals surface area contributed by atoms with Gasteiger partial charge in [0.05, 0.1) is 19.3 Å². The lowest BCUT2D eigenvalue weighted by Gasteiger charge is -2.35. The Morgan fingerprint density at radius 3 is 2.18 bits per heavy atom. The highest BCUT2D eigenvalue weighted by Gasteiger charge is 2.24. The van der Waals surface area contributed by atoms with Crippen LogP contribution in [0.15, 0.2) is 48.5 Å². The van der Waals surface area contributed by atoms with E-state index in [-0.39, 0.29) is 17.9 Å². The van der Waals surface area contributed by atoms with Crippen molar-refractivity contribution in [2.75, 3.05) is 70.4 Å². The molecule has 2 saturated heterocycles. The van der Waals surface area contributed by atoms with Crippen molar-refractivity contribution < 1.29 is 14.3 Å². The highest BCUT2D eigenvalue weighted by Crippen LogP contribution is 2.19. The molecular weight excluding hydrogens is 512 g/mol. The molecule has 0 atom stereocenters. The number of halogens is 1. The van der Waals surface area contributed by atoms with E-state index in [1.165, 1.54) is 12.0 Å². The van der Waals surface area contributed by atoms with E-state index in [0.29, 0.717) is 38.3 Å². The molecule has 0 saturated carbocycles. The Morgan fingerprint density at radius 1 is 0.872 bits per heavy atom. The molecule has 2 aliphatic rings. The minimum absolute atomic E-state index is 0.0493. The Hall–Kier alpha value is -2.45. The maximum absolute atomic E-state index is 13.3. The Labute approximate surface area is 238 Å². The van der Waals surface area contributed by atoms with E-state index in [1.807, 2.05) is 60.0 Å². The second-order valence-electron chi connectivity index (χ2n) is 10.9. The molecule has 39 heavy (non-hydrogen) atoms. The average Bonchev–Trinajstić information content (AvgIpc) is 2.95. The molecule has 0 unspecified atom stereocenters. The fraction of sp³-hybridized carbons (Fsp3) is 0.548. The fourth-order valence-electron chi connectivity index (χ4n) is 5.25. The van der Waals surface area contributed by atoms with Crippen molar-refractivity contribution >= 4 is 29.1 Å². The van der Waals surface area contributed by atoms with Crippen LogP contribution in [0.4, 0.5) is 5.69 Å². The monoisotopic (exact) mass is 554 g/mol. The van der Waals surface area contributed by atoms with Gasteiger partial charge in [0.25, 0.3) is 5.91 Å². The minimum Gasteiger partial charge on any atom is -0.377 e. The zero-order chi connectivity index (χ0) is 27.6. The molecule has 8 heteroatoms. The number of likely N-dealkylation sites (tertiary alicyclic amines) is 1. The quantitative estimate of drug-likeness (QED) is 0.407. The van der Waals surface area contributed by atoms with Crippen molar-refractivity contribution in [1.29, 1.82) is 0 Å². The molecular formula is C31H43ClN4O3. The standard InChI is InChI=1S/C31H43ClN4O3/c1-25(2)39-23-22-36(30(37)24-34-15-4-3-5-16-34)29-12-8-27(9-13-29)31(38)35-20-18-33(19-21-35)17-14-26-6-10-28(32)11-7-26/h6-13,25H,3-5,14-24H2,1-2H3. The van der Waals surface area contributed by atoms with Gasteiger partial charge < -0.3 is 14.5 Å². The molecule has 4 rings (SSSR count). The maximum Gasteiger partial charge on any atom is 0.253 e. The van der Waals surface area contributed by atoms with Crippen LogP contribution >= 0.6 is 11.6 Å². The first-order valence-electron chi connectivity index (χ1n) is 14.4. The van der Waals surface area contributed by atoms with Gasteiger partial charge in [-0.1, -0.05) is 30.2 Å². The molecule has 2 fully saturated rings. The predicted molar refractivity (Wildman–Crippen MR) is 158 cm³/mol. The van der Waals surface area contributed by atoms with E-state index < -0.39 is 0 Å². The summed E-state index contributed by atoms with van der Waals surface area (Å²) in [6.45, 7) is 11.5. The largest absolute Gasteiger partial charge is 0.377 e. The molecule has 0 bridgehead atoms. The van der Waals surface area contributed by atoms with E-state index in [9.17, 15) is 9.59 Å². The smallest absolute Gasteiger partial charge is 0.253 e. The number of piperazine rings is 1. The van der Waals surface area contributed by atoms with Crippen molar-refractivity contribution in [3.63, 3.8) is 0 Å². The summed E-state index contributed by atoms with van der Waals surface area (Å²) in [7, 11) is 0. The Bertz CT molecular complexity index is 1050.